The van der Waals surface area contributed by atoms with Crippen LogP contribution < -0.4 is 15.5 Å². The van der Waals surface area contributed by atoms with Crippen LogP contribution in [0.4, 0.5) is 17.8 Å². The van der Waals surface area contributed by atoms with Crippen molar-refractivity contribution in [1.82, 2.24) is 15.0 Å². The zero-order chi connectivity index (χ0) is 14.6. The van der Waals surface area contributed by atoms with Crippen LogP contribution in [0, 0.1) is 11.3 Å². The summed E-state index contributed by atoms with van der Waals surface area (Å²) in [5.74, 6) is 2.41. The SMILES string of the molecule is CNc1nc(NCC(C)(C)C(C)C)nc(N(C)C)n1. The quantitative estimate of drug-likeness (QED) is 0.821. The van der Waals surface area contributed by atoms with Gasteiger partial charge in [-0.3, -0.25) is 0 Å². The predicted octanol–water partition coefficient (Wildman–Crippen LogP) is 2.07. The number of hydrogen-bond acceptors (Lipinski definition) is 6. The molecular weight excluding hydrogens is 240 g/mol. The van der Waals surface area contributed by atoms with Crippen molar-refractivity contribution in [3.63, 3.8) is 0 Å². The van der Waals surface area contributed by atoms with E-state index >= 15 is 0 Å². The van der Waals surface area contributed by atoms with E-state index in [0.717, 1.165) is 6.54 Å². The molecule has 1 rings (SSSR count). The van der Waals surface area contributed by atoms with Gasteiger partial charge in [-0.25, -0.2) is 0 Å². The summed E-state index contributed by atoms with van der Waals surface area (Å²) >= 11 is 0. The molecule has 0 spiro atoms. The van der Waals surface area contributed by atoms with Crippen molar-refractivity contribution in [2.45, 2.75) is 27.7 Å². The fourth-order valence-electron chi connectivity index (χ4n) is 1.27. The molecule has 0 fully saturated rings. The first kappa shape index (κ1) is 15.5. The molecule has 2 N–H and O–H groups in total. The van der Waals surface area contributed by atoms with E-state index in [1.165, 1.54) is 0 Å². The van der Waals surface area contributed by atoms with Gasteiger partial charge in [0.2, 0.25) is 17.8 Å². The predicted molar refractivity (Wildman–Crippen MR) is 80.8 cm³/mol. The van der Waals surface area contributed by atoms with Gasteiger partial charge >= 0.3 is 0 Å². The van der Waals surface area contributed by atoms with E-state index in [0.29, 0.717) is 23.8 Å². The van der Waals surface area contributed by atoms with Crippen LogP contribution in [-0.2, 0) is 0 Å². The summed E-state index contributed by atoms with van der Waals surface area (Å²) < 4.78 is 0. The summed E-state index contributed by atoms with van der Waals surface area (Å²) in [6.45, 7) is 9.73. The lowest BCUT2D eigenvalue weighted by Gasteiger charge is -2.29. The molecule has 6 nitrogen and oxygen atoms in total. The van der Waals surface area contributed by atoms with Crippen molar-refractivity contribution in [3.8, 4) is 0 Å². The van der Waals surface area contributed by atoms with Crippen LogP contribution in [0.5, 0.6) is 0 Å². The molecule has 1 aromatic rings. The molecular formula is C13H26N6. The highest BCUT2D eigenvalue weighted by Gasteiger charge is 2.22. The molecule has 0 saturated heterocycles. The van der Waals surface area contributed by atoms with Gasteiger partial charge in [0, 0.05) is 27.7 Å². The molecule has 1 aromatic heterocycles. The fraction of sp³-hybridized carbons (Fsp3) is 0.769. The van der Waals surface area contributed by atoms with Gasteiger partial charge in [-0.1, -0.05) is 27.7 Å². The summed E-state index contributed by atoms with van der Waals surface area (Å²) in [6.07, 6.45) is 0. The van der Waals surface area contributed by atoms with Crippen LogP contribution in [0.15, 0.2) is 0 Å². The van der Waals surface area contributed by atoms with E-state index in [4.69, 9.17) is 0 Å². The molecule has 0 unspecified atom stereocenters. The Labute approximate surface area is 116 Å². The van der Waals surface area contributed by atoms with E-state index < -0.39 is 0 Å². The Morgan fingerprint density at radius 2 is 1.68 bits per heavy atom. The van der Waals surface area contributed by atoms with Crippen molar-refractivity contribution in [2.75, 3.05) is 43.2 Å². The number of nitrogens with one attached hydrogen (secondary N) is 2. The van der Waals surface area contributed by atoms with Crippen LogP contribution in [0.25, 0.3) is 0 Å². The van der Waals surface area contributed by atoms with Gasteiger partial charge in [0.05, 0.1) is 0 Å². The largest absolute Gasteiger partial charge is 0.357 e. The topological polar surface area (TPSA) is 66.0 Å². The molecule has 0 aliphatic heterocycles. The normalized spacial score (nSPS) is 11.6. The Kier molecular flexibility index (Phi) is 4.91. The summed E-state index contributed by atoms with van der Waals surface area (Å²) in [5, 5.41) is 6.26. The van der Waals surface area contributed by atoms with Gasteiger partial charge in [-0.15, -0.1) is 0 Å². The average Bonchev–Trinajstić information content (AvgIpc) is 2.35. The van der Waals surface area contributed by atoms with Crippen molar-refractivity contribution >= 4 is 17.8 Å². The van der Waals surface area contributed by atoms with Gasteiger partial charge in [-0.2, -0.15) is 15.0 Å². The zero-order valence-electron chi connectivity index (χ0n) is 13.1. The first-order chi connectivity index (χ1) is 8.76. The van der Waals surface area contributed by atoms with Gasteiger partial charge in [0.1, 0.15) is 0 Å². The number of rotatable bonds is 6. The van der Waals surface area contributed by atoms with E-state index in [2.05, 4.69) is 53.3 Å². The van der Waals surface area contributed by atoms with E-state index in [1.54, 1.807) is 7.05 Å². The molecule has 0 atom stereocenters. The van der Waals surface area contributed by atoms with Crippen LogP contribution in [0.1, 0.15) is 27.7 Å². The van der Waals surface area contributed by atoms with Gasteiger partial charge in [0.15, 0.2) is 0 Å². The molecule has 0 bridgehead atoms. The van der Waals surface area contributed by atoms with E-state index in [9.17, 15) is 0 Å². The Hall–Kier alpha value is -1.59. The maximum atomic E-state index is 4.40. The molecule has 0 saturated carbocycles. The standard InChI is InChI=1S/C13H26N6/c1-9(2)13(3,4)8-15-11-16-10(14-5)17-12(18-11)19(6)7/h9H,8H2,1-7H3,(H2,14,15,16,17,18). The maximum Gasteiger partial charge on any atom is 0.231 e. The molecule has 1 heterocycles. The average molecular weight is 266 g/mol. The number of nitrogens with zero attached hydrogens (tertiary/aromatic N) is 4. The molecule has 0 aliphatic carbocycles. The van der Waals surface area contributed by atoms with Crippen LogP contribution >= 0.6 is 0 Å². The minimum atomic E-state index is 0.185. The molecule has 108 valence electrons. The monoisotopic (exact) mass is 266 g/mol. The molecule has 6 heteroatoms. The van der Waals surface area contributed by atoms with Crippen molar-refractivity contribution in [2.24, 2.45) is 11.3 Å². The van der Waals surface area contributed by atoms with Crippen LogP contribution in [-0.4, -0.2) is 42.6 Å². The number of aromatic nitrogens is 3. The molecule has 19 heavy (non-hydrogen) atoms. The van der Waals surface area contributed by atoms with Gasteiger partial charge < -0.3 is 15.5 Å². The minimum Gasteiger partial charge on any atom is -0.357 e. The first-order valence-corrected chi connectivity index (χ1v) is 6.61. The second-order valence-electron chi connectivity index (χ2n) is 5.92. The highest BCUT2D eigenvalue weighted by molar-refractivity contribution is 5.42. The number of hydrogen-bond donors (Lipinski definition) is 2. The zero-order valence-corrected chi connectivity index (χ0v) is 13.1. The van der Waals surface area contributed by atoms with Crippen molar-refractivity contribution in [1.29, 1.82) is 0 Å². The van der Waals surface area contributed by atoms with E-state index in [-0.39, 0.29) is 5.41 Å². The fourth-order valence-corrected chi connectivity index (χ4v) is 1.27. The summed E-state index contributed by atoms with van der Waals surface area (Å²) in [5.41, 5.74) is 0.185. The summed E-state index contributed by atoms with van der Waals surface area (Å²) in [4.78, 5) is 14.9. The van der Waals surface area contributed by atoms with E-state index in [1.807, 2.05) is 19.0 Å². The smallest absolute Gasteiger partial charge is 0.231 e. The molecule has 0 aromatic carbocycles. The van der Waals surface area contributed by atoms with Gasteiger partial charge in [0.25, 0.3) is 0 Å². The first-order valence-electron chi connectivity index (χ1n) is 6.61. The Balaban J connectivity index is 2.86. The Morgan fingerprint density at radius 3 is 2.16 bits per heavy atom. The van der Waals surface area contributed by atoms with Gasteiger partial charge in [-0.05, 0) is 11.3 Å². The Morgan fingerprint density at radius 1 is 1.11 bits per heavy atom. The van der Waals surface area contributed by atoms with Crippen LogP contribution in [0.2, 0.25) is 0 Å². The number of anilines is 3. The third-order valence-corrected chi connectivity index (χ3v) is 3.51. The van der Waals surface area contributed by atoms with Crippen molar-refractivity contribution in [3.05, 3.63) is 0 Å². The third-order valence-electron chi connectivity index (χ3n) is 3.51. The molecule has 0 aliphatic rings. The molecule has 0 radical (unpaired) electrons. The lowest BCUT2D eigenvalue weighted by atomic mass is 9.81. The lowest BCUT2D eigenvalue weighted by molar-refractivity contribution is 0.269. The summed E-state index contributed by atoms with van der Waals surface area (Å²) in [7, 11) is 5.63. The Bertz CT molecular complexity index is 414. The van der Waals surface area contributed by atoms with Crippen molar-refractivity contribution < 1.29 is 0 Å². The lowest BCUT2D eigenvalue weighted by Crippen LogP contribution is -2.29. The minimum absolute atomic E-state index is 0.185. The highest BCUT2D eigenvalue weighted by atomic mass is 15.3. The summed E-state index contributed by atoms with van der Waals surface area (Å²) in [6, 6.07) is 0. The second-order valence-corrected chi connectivity index (χ2v) is 5.92. The third kappa shape index (κ3) is 4.22. The highest BCUT2D eigenvalue weighted by Crippen LogP contribution is 2.26. The van der Waals surface area contributed by atoms with Crippen LogP contribution in [0.3, 0.4) is 0 Å². The maximum absolute atomic E-state index is 4.40. The second kappa shape index (κ2) is 6.04. The molecule has 0 amide bonds.